The Kier molecular flexibility index (Phi) is 11.8. The molecule has 0 rings (SSSR count). The standard InChI is InChI=1S/C12H17NOS.C2H6/c1-5-7-11(9(3)6-2)10(4)14-8-12(13)15;1-2/h5-7H,1,4,8H2,2-3H3,(H2,13,15);1-2H3/b9-6-,11-7+;. The largest absolute Gasteiger partial charge is 0.486 e. The Labute approximate surface area is 111 Å². The molecular weight excluding hydrogens is 230 g/mol. The van der Waals surface area contributed by atoms with Crippen molar-refractivity contribution in [1.29, 1.82) is 0 Å². The average molecular weight is 253 g/mol. The van der Waals surface area contributed by atoms with Crippen LogP contribution in [0, 0.1) is 0 Å². The fourth-order valence-corrected chi connectivity index (χ4v) is 1.01. The summed E-state index contributed by atoms with van der Waals surface area (Å²) in [4.78, 5) is 0.312. The summed E-state index contributed by atoms with van der Waals surface area (Å²) in [5.74, 6) is 0.554. The fourth-order valence-electron chi connectivity index (χ4n) is 0.954. The van der Waals surface area contributed by atoms with Crippen molar-refractivity contribution in [2.24, 2.45) is 5.73 Å². The van der Waals surface area contributed by atoms with Crippen LogP contribution in [0.3, 0.4) is 0 Å². The van der Waals surface area contributed by atoms with Crippen LogP contribution in [0.4, 0.5) is 0 Å². The Morgan fingerprint density at radius 1 is 1.41 bits per heavy atom. The molecule has 0 aromatic carbocycles. The number of hydrogen-bond acceptors (Lipinski definition) is 2. The lowest BCUT2D eigenvalue weighted by Crippen LogP contribution is -2.15. The molecule has 0 saturated heterocycles. The predicted octanol–water partition coefficient (Wildman–Crippen LogP) is 3.91. The minimum Gasteiger partial charge on any atom is -0.486 e. The normalized spacial score (nSPS) is 11.1. The summed E-state index contributed by atoms with van der Waals surface area (Å²) in [7, 11) is 0. The fraction of sp³-hybridized carbons (Fsp3) is 0.357. The molecule has 0 atom stereocenters. The van der Waals surface area contributed by atoms with E-state index in [0.717, 1.165) is 11.1 Å². The quantitative estimate of drug-likeness (QED) is 0.443. The summed E-state index contributed by atoms with van der Waals surface area (Å²) in [5.41, 5.74) is 7.31. The molecule has 0 bridgehead atoms. The minimum atomic E-state index is 0.208. The second kappa shape index (κ2) is 11.1. The molecule has 0 aromatic heterocycles. The van der Waals surface area contributed by atoms with Gasteiger partial charge in [0.05, 0.1) is 0 Å². The van der Waals surface area contributed by atoms with E-state index in [2.05, 4.69) is 13.2 Å². The maximum atomic E-state index is 5.33. The van der Waals surface area contributed by atoms with Crippen molar-refractivity contribution in [2.45, 2.75) is 27.7 Å². The third kappa shape index (κ3) is 8.46. The molecule has 0 aromatic rings. The van der Waals surface area contributed by atoms with Gasteiger partial charge in [-0.15, -0.1) is 0 Å². The van der Waals surface area contributed by atoms with Crippen molar-refractivity contribution in [3.8, 4) is 0 Å². The van der Waals surface area contributed by atoms with E-state index >= 15 is 0 Å². The van der Waals surface area contributed by atoms with Crippen molar-refractivity contribution in [2.75, 3.05) is 6.61 Å². The highest BCUT2D eigenvalue weighted by Gasteiger charge is 2.05. The Hall–Kier alpha value is -1.35. The topological polar surface area (TPSA) is 35.2 Å². The monoisotopic (exact) mass is 253 g/mol. The minimum absolute atomic E-state index is 0.208. The van der Waals surface area contributed by atoms with Crippen LogP contribution < -0.4 is 5.73 Å². The number of nitrogens with two attached hydrogens (primary N) is 1. The zero-order valence-corrected chi connectivity index (χ0v) is 12.1. The second-order valence-corrected chi connectivity index (χ2v) is 3.49. The highest BCUT2D eigenvalue weighted by molar-refractivity contribution is 7.80. The summed E-state index contributed by atoms with van der Waals surface area (Å²) in [6, 6.07) is 0. The molecule has 0 spiro atoms. The first-order valence-electron chi connectivity index (χ1n) is 5.59. The first kappa shape index (κ1) is 18.0. The second-order valence-electron chi connectivity index (χ2n) is 2.97. The Morgan fingerprint density at radius 3 is 2.29 bits per heavy atom. The van der Waals surface area contributed by atoms with Gasteiger partial charge >= 0.3 is 0 Å². The van der Waals surface area contributed by atoms with Crippen LogP contribution in [-0.2, 0) is 4.74 Å². The lowest BCUT2D eigenvalue weighted by Gasteiger charge is -2.12. The van der Waals surface area contributed by atoms with Crippen LogP contribution in [0.1, 0.15) is 27.7 Å². The van der Waals surface area contributed by atoms with Gasteiger partial charge in [-0.25, -0.2) is 0 Å². The van der Waals surface area contributed by atoms with Crippen molar-refractivity contribution in [1.82, 2.24) is 0 Å². The maximum Gasteiger partial charge on any atom is 0.138 e. The van der Waals surface area contributed by atoms with Gasteiger partial charge in [-0.05, 0) is 19.4 Å². The van der Waals surface area contributed by atoms with E-state index in [1.807, 2.05) is 39.8 Å². The molecular formula is C14H23NOS. The summed E-state index contributed by atoms with van der Waals surface area (Å²) < 4.78 is 5.32. The van der Waals surface area contributed by atoms with Crippen molar-refractivity contribution in [3.05, 3.63) is 48.3 Å². The van der Waals surface area contributed by atoms with E-state index in [4.69, 9.17) is 22.7 Å². The van der Waals surface area contributed by atoms with Gasteiger partial charge in [0.1, 0.15) is 17.4 Å². The SMILES string of the molecule is C=C/C=C(C(=C)OCC(N)=S)\C(C)=C/C.CC. The first-order chi connectivity index (χ1) is 8.02. The molecule has 0 saturated carbocycles. The molecule has 0 unspecified atom stereocenters. The average Bonchev–Trinajstić information content (AvgIpc) is 2.34. The summed E-state index contributed by atoms with van der Waals surface area (Å²) >= 11 is 4.72. The van der Waals surface area contributed by atoms with Crippen LogP contribution in [0.15, 0.2) is 48.3 Å². The molecule has 3 heteroatoms. The van der Waals surface area contributed by atoms with Gasteiger partial charge in [0.2, 0.25) is 0 Å². The van der Waals surface area contributed by atoms with Gasteiger partial charge in [-0.2, -0.15) is 0 Å². The van der Waals surface area contributed by atoms with E-state index in [1.54, 1.807) is 6.08 Å². The van der Waals surface area contributed by atoms with Gasteiger partial charge in [0.25, 0.3) is 0 Å². The highest BCUT2D eigenvalue weighted by Crippen LogP contribution is 2.18. The van der Waals surface area contributed by atoms with Crippen LogP contribution in [0.5, 0.6) is 0 Å². The Bertz CT molecular complexity index is 327. The molecule has 0 heterocycles. The number of allylic oxidation sites excluding steroid dienone is 4. The third-order valence-electron chi connectivity index (χ3n) is 1.83. The molecule has 17 heavy (non-hydrogen) atoms. The van der Waals surface area contributed by atoms with Gasteiger partial charge in [-0.3, -0.25) is 0 Å². The van der Waals surface area contributed by atoms with Crippen molar-refractivity contribution >= 4 is 17.2 Å². The van der Waals surface area contributed by atoms with Crippen LogP contribution in [0.2, 0.25) is 0 Å². The maximum absolute atomic E-state index is 5.33. The molecule has 2 N–H and O–H groups in total. The molecule has 2 nitrogen and oxygen atoms in total. The molecule has 96 valence electrons. The number of ether oxygens (including phenoxy) is 1. The number of thiocarbonyl (C=S) groups is 1. The lowest BCUT2D eigenvalue weighted by molar-refractivity contribution is 0.271. The number of hydrogen-bond donors (Lipinski definition) is 1. The third-order valence-corrected chi connectivity index (χ3v) is 1.95. The van der Waals surface area contributed by atoms with Crippen LogP contribution in [0.25, 0.3) is 0 Å². The predicted molar refractivity (Wildman–Crippen MR) is 80.9 cm³/mol. The van der Waals surface area contributed by atoms with Crippen LogP contribution >= 0.6 is 12.2 Å². The lowest BCUT2D eigenvalue weighted by atomic mass is 10.1. The molecule has 0 radical (unpaired) electrons. The van der Waals surface area contributed by atoms with E-state index < -0.39 is 0 Å². The summed E-state index contributed by atoms with van der Waals surface area (Å²) in [6.45, 7) is 15.6. The van der Waals surface area contributed by atoms with Crippen molar-refractivity contribution in [3.63, 3.8) is 0 Å². The number of rotatable bonds is 6. The molecule has 0 fully saturated rings. The van der Waals surface area contributed by atoms with E-state index in [0.29, 0.717) is 10.7 Å². The van der Waals surface area contributed by atoms with Gasteiger partial charge in [0.15, 0.2) is 0 Å². The van der Waals surface area contributed by atoms with E-state index in [-0.39, 0.29) is 6.61 Å². The summed E-state index contributed by atoms with van der Waals surface area (Å²) in [6.07, 6.45) is 5.51. The van der Waals surface area contributed by atoms with Gasteiger partial charge in [0, 0.05) is 5.57 Å². The van der Waals surface area contributed by atoms with Gasteiger partial charge in [-0.1, -0.05) is 57.5 Å². The van der Waals surface area contributed by atoms with E-state index in [1.165, 1.54) is 0 Å². The zero-order valence-electron chi connectivity index (χ0n) is 11.2. The Morgan fingerprint density at radius 2 is 1.94 bits per heavy atom. The molecule has 0 aliphatic carbocycles. The Balaban J connectivity index is 0. The zero-order chi connectivity index (χ0) is 13.8. The van der Waals surface area contributed by atoms with Crippen molar-refractivity contribution < 1.29 is 4.74 Å². The molecule has 0 aliphatic heterocycles. The van der Waals surface area contributed by atoms with Crippen LogP contribution in [-0.4, -0.2) is 11.6 Å². The highest BCUT2D eigenvalue weighted by atomic mass is 32.1. The first-order valence-corrected chi connectivity index (χ1v) is 6.00. The molecule has 0 amide bonds. The van der Waals surface area contributed by atoms with E-state index in [9.17, 15) is 0 Å². The summed E-state index contributed by atoms with van der Waals surface area (Å²) in [5, 5.41) is 0. The van der Waals surface area contributed by atoms with Gasteiger partial charge < -0.3 is 10.5 Å². The molecule has 0 aliphatic rings. The smallest absolute Gasteiger partial charge is 0.138 e.